The van der Waals surface area contributed by atoms with Gasteiger partial charge in [-0.15, -0.1) is 0 Å². The van der Waals surface area contributed by atoms with Crippen molar-refractivity contribution in [3.63, 3.8) is 0 Å². The first-order valence-electron chi connectivity index (χ1n) is 7.13. The Hall–Kier alpha value is -1.19. The van der Waals surface area contributed by atoms with E-state index in [-0.39, 0.29) is 5.54 Å². The summed E-state index contributed by atoms with van der Waals surface area (Å²) in [6.45, 7) is 6.42. The molecule has 3 nitrogen and oxygen atoms in total. The van der Waals surface area contributed by atoms with Crippen LogP contribution in [0.5, 0.6) is 0 Å². The lowest BCUT2D eigenvalue weighted by atomic mass is 10.1. The lowest BCUT2D eigenvalue weighted by Crippen LogP contribution is -2.25. The van der Waals surface area contributed by atoms with Crippen LogP contribution in [0.1, 0.15) is 45.4 Å². The van der Waals surface area contributed by atoms with Crippen LogP contribution in [0.25, 0.3) is 11.3 Å². The van der Waals surface area contributed by atoms with Gasteiger partial charge in [0.25, 0.3) is 0 Å². The number of anilines is 1. The molecule has 0 saturated heterocycles. The number of nitrogens with two attached hydrogens (primary N) is 1. The van der Waals surface area contributed by atoms with Crippen LogP contribution in [0.2, 0.25) is 10.0 Å². The van der Waals surface area contributed by atoms with Crippen LogP contribution in [-0.4, -0.2) is 9.55 Å². The monoisotopic (exact) mass is 323 g/mol. The topological polar surface area (TPSA) is 43.8 Å². The minimum absolute atomic E-state index is 0.113. The predicted octanol–water partition coefficient (Wildman–Crippen LogP) is 5.07. The number of nitrogen functional groups attached to an aromatic ring is 1. The van der Waals surface area contributed by atoms with Crippen LogP contribution >= 0.6 is 23.2 Å². The zero-order valence-corrected chi connectivity index (χ0v) is 14.0. The Balaban J connectivity index is 2.22. The molecule has 0 unspecified atom stereocenters. The molecule has 5 heteroatoms. The number of rotatable bonds is 2. The van der Waals surface area contributed by atoms with Crippen LogP contribution in [-0.2, 0) is 5.54 Å². The van der Waals surface area contributed by atoms with Crippen molar-refractivity contribution in [1.82, 2.24) is 9.55 Å². The lowest BCUT2D eigenvalue weighted by molar-refractivity contribution is 0.388. The molecule has 0 spiro atoms. The van der Waals surface area contributed by atoms with Crippen LogP contribution in [0, 0.1) is 0 Å². The van der Waals surface area contributed by atoms with Gasteiger partial charge in [-0.1, -0.05) is 23.2 Å². The second-order valence-corrected chi connectivity index (χ2v) is 7.45. The summed E-state index contributed by atoms with van der Waals surface area (Å²) in [4.78, 5) is 4.81. The maximum Gasteiger partial charge on any atom is 0.132 e. The number of imidazole rings is 1. The Labute approximate surface area is 135 Å². The first-order valence-corrected chi connectivity index (χ1v) is 7.88. The molecular weight excluding hydrogens is 305 g/mol. The molecule has 1 aromatic heterocycles. The first kappa shape index (κ1) is 14.7. The van der Waals surface area contributed by atoms with E-state index in [4.69, 9.17) is 33.9 Å². The Morgan fingerprint density at radius 1 is 1.24 bits per heavy atom. The molecule has 1 aromatic carbocycles. The van der Waals surface area contributed by atoms with Gasteiger partial charge in [-0.2, -0.15) is 0 Å². The second kappa shape index (κ2) is 4.92. The third-order valence-corrected chi connectivity index (χ3v) is 4.30. The molecule has 0 bridgehead atoms. The van der Waals surface area contributed by atoms with E-state index in [2.05, 4.69) is 25.3 Å². The lowest BCUT2D eigenvalue weighted by Gasteiger charge is -2.25. The SMILES string of the molecule is CC(C)(C)n1c(C2CC2)nc(-c2cc(Cl)ccc2Cl)c1N. The molecule has 1 aliphatic carbocycles. The Morgan fingerprint density at radius 2 is 1.90 bits per heavy atom. The van der Waals surface area contributed by atoms with Crippen molar-refractivity contribution in [2.75, 3.05) is 5.73 Å². The molecule has 1 heterocycles. The molecule has 0 radical (unpaired) electrons. The van der Waals surface area contributed by atoms with Crippen LogP contribution in [0.15, 0.2) is 18.2 Å². The zero-order valence-electron chi connectivity index (χ0n) is 12.5. The Kier molecular flexibility index (Phi) is 3.45. The fourth-order valence-electron chi connectivity index (χ4n) is 2.65. The minimum atomic E-state index is -0.113. The molecular formula is C16H19Cl2N3. The van der Waals surface area contributed by atoms with E-state index in [0.29, 0.717) is 21.8 Å². The van der Waals surface area contributed by atoms with Gasteiger partial charge < -0.3 is 10.3 Å². The standard InChI is InChI=1S/C16H19Cl2N3/c1-16(2,3)21-14(19)13(20-15(21)9-4-5-9)11-8-10(17)6-7-12(11)18/h6-9H,4-5,19H2,1-3H3. The van der Waals surface area contributed by atoms with Crippen molar-refractivity contribution in [1.29, 1.82) is 0 Å². The van der Waals surface area contributed by atoms with Gasteiger partial charge >= 0.3 is 0 Å². The fourth-order valence-corrected chi connectivity index (χ4v) is 3.03. The summed E-state index contributed by atoms with van der Waals surface area (Å²) in [6, 6.07) is 5.38. The van der Waals surface area contributed by atoms with Crippen molar-refractivity contribution in [3.05, 3.63) is 34.1 Å². The smallest absolute Gasteiger partial charge is 0.132 e. The molecule has 3 rings (SSSR count). The molecule has 21 heavy (non-hydrogen) atoms. The minimum Gasteiger partial charge on any atom is -0.383 e. The average molecular weight is 324 g/mol. The summed E-state index contributed by atoms with van der Waals surface area (Å²) in [5, 5.41) is 1.25. The van der Waals surface area contributed by atoms with Gasteiger partial charge in [0, 0.05) is 22.0 Å². The molecule has 0 amide bonds. The molecule has 1 fully saturated rings. The highest BCUT2D eigenvalue weighted by Crippen LogP contribution is 2.45. The molecule has 1 aliphatic rings. The van der Waals surface area contributed by atoms with Crippen molar-refractivity contribution in [2.24, 2.45) is 0 Å². The van der Waals surface area contributed by atoms with E-state index < -0.39 is 0 Å². The highest BCUT2D eigenvalue weighted by atomic mass is 35.5. The van der Waals surface area contributed by atoms with E-state index in [0.717, 1.165) is 17.1 Å². The highest BCUT2D eigenvalue weighted by molar-refractivity contribution is 6.35. The van der Waals surface area contributed by atoms with E-state index >= 15 is 0 Å². The van der Waals surface area contributed by atoms with Gasteiger partial charge in [0.2, 0.25) is 0 Å². The maximum absolute atomic E-state index is 6.41. The van der Waals surface area contributed by atoms with Gasteiger partial charge in [-0.25, -0.2) is 4.98 Å². The molecule has 2 N–H and O–H groups in total. The van der Waals surface area contributed by atoms with E-state index in [9.17, 15) is 0 Å². The average Bonchev–Trinajstić information content (AvgIpc) is 3.15. The molecule has 0 aliphatic heterocycles. The molecule has 1 saturated carbocycles. The second-order valence-electron chi connectivity index (χ2n) is 6.61. The van der Waals surface area contributed by atoms with Gasteiger partial charge in [0.1, 0.15) is 17.3 Å². The van der Waals surface area contributed by atoms with Gasteiger partial charge in [0.15, 0.2) is 0 Å². The van der Waals surface area contributed by atoms with E-state index in [1.807, 2.05) is 6.07 Å². The van der Waals surface area contributed by atoms with Crippen LogP contribution in [0.3, 0.4) is 0 Å². The largest absolute Gasteiger partial charge is 0.383 e. The molecule has 112 valence electrons. The highest BCUT2D eigenvalue weighted by Gasteiger charge is 2.34. The van der Waals surface area contributed by atoms with Gasteiger partial charge in [-0.05, 0) is 51.8 Å². The summed E-state index contributed by atoms with van der Waals surface area (Å²) in [6.07, 6.45) is 2.35. The van der Waals surface area contributed by atoms with Crippen LogP contribution in [0.4, 0.5) is 5.82 Å². The Bertz CT molecular complexity index is 694. The zero-order chi connectivity index (χ0) is 15.4. The summed E-state index contributed by atoms with van der Waals surface area (Å²) in [7, 11) is 0. The summed E-state index contributed by atoms with van der Waals surface area (Å²) in [5.74, 6) is 2.23. The van der Waals surface area contributed by atoms with E-state index in [1.165, 1.54) is 12.8 Å². The fraction of sp³-hybridized carbons (Fsp3) is 0.438. The number of benzene rings is 1. The quantitative estimate of drug-likeness (QED) is 0.838. The summed E-state index contributed by atoms with van der Waals surface area (Å²) < 4.78 is 2.14. The van der Waals surface area contributed by atoms with Crippen molar-refractivity contribution < 1.29 is 0 Å². The van der Waals surface area contributed by atoms with Crippen LogP contribution < -0.4 is 5.73 Å². The summed E-state index contributed by atoms with van der Waals surface area (Å²) >= 11 is 12.4. The van der Waals surface area contributed by atoms with Gasteiger partial charge in [-0.3, -0.25) is 0 Å². The number of halogens is 2. The predicted molar refractivity (Wildman–Crippen MR) is 89.1 cm³/mol. The molecule has 0 atom stereocenters. The van der Waals surface area contributed by atoms with Gasteiger partial charge in [0.05, 0.1) is 5.02 Å². The first-order chi connectivity index (χ1) is 9.79. The number of nitrogens with zero attached hydrogens (tertiary/aromatic N) is 2. The third kappa shape index (κ3) is 2.65. The number of aromatic nitrogens is 2. The number of hydrogen-bond acceptors (Lipinski definition) is 2. The molecule has 2 aromatic rings. The maximum atomic E-state index is 6.41. The Morgan fingerprint density at radius 3 is 2.48 bits per heavy atom. The van der Waals surface area contributed by atoms with Crippen molar-refractivity contribution >= 4 is 29.0 Å². The van der Waals surface area contributed by atoms with E-state index in [1.54, 1.807) is 12.1 Å². The van der Waals surface area contributed by atoms with Crippen molar-refractivity contribution in [3.8, 4) is 11.3 Å². The third-order valence-electron chi connectivity index (χ3n) is 3.74. The van der Waals surface area contributed by atoms with Crippen molar-refractivity contribution in [2.45, 2.75) is 45.1 Å². The number of hydrogen-bond donors (Lipinski definition) is 1. The normalized spacial score (nSPS) is 15.5. The summed E-state index contributed by atoms with van der Waals surface area (Å²) in [5.41, 5.74) is 7.83.